The molecule has 0 aromatic rings. The molecule has 0 aromatic carbocycles. The van der Waals surface area contributed by atoms with Crippen LogP contribution >= 0.6 is 0 Å². The number of carbonyl (C=O) groups is 2. The largest absolute Gasteiger partial charge is 0.481 e. The van der Waals surface area contributed by atoms with Crippen LogP contribution in [-0.2, 0) is 9.59 Å². The minimum Gasteiger partial charge on any atom is -0.481 e. The molecule has 0 heterocycles. The van der Waals surface area contributed by atoms with Gasteiger partial charge >= 0.3 is 11.9 Å². The molecule has 0 saturated heterocycles. The molecule has 0 radical (unpaired) electrons. The van der Waals surface area contributed by atoms with Gasteiger partial charge in [-0.25, -0.2) is 0 Å². The fraction of sp³-hybridized carbons (Fsp3) is 0.556. The first kappa shape index (κ1) is 9.77. The van der Waals surface area contributed by atoms with Crippen molar-refractivity contribution in [2.24, 2.45) is 17.8 Å². The summed E-state index contributed by atoms with van der Waals surface area (Å²) in [5.41, 5.74) is 0. The average molecular weight is 184 g/mol. The van der Waals surface area contributed by atoms with Crippen molar-refractivity contribution in [3.05, 3.63) is 12.2 Å². The molecule has 0 bridgehead atoms. The average Bonchev–Trinajstić information content (AvgIpc) is 2.02. The third-order valence-corrected chi connectivity index (χ3v) is 2.43. The fourth-order valence-electron chi connectivity index (χ4n) is 1.72. The second kappa shape index (κ2) is 3.60. The minimum atomic E-state index is -1.02. The molecule has 0 aliphatic heterocycles. The van der Waals surface area contributed by atoms with E-state index < -0.39 is 23.8 Å². The summed E-state index contributed by atoms with van der Waals surface area (Å²) >= 11 is 0. The van der Waals surface area contributed by atoms with E-state index in [9.17, 15) is 9.59 Å². The summed E-state index contributed by atoms with van der Waals surface area (Å²) in [6.45, 7) is 1.73. The Morgan fingerprint density at radius 2 is 1.92 bits per heavy atom. The first-order valence-electron chi connectivity index (χ1n) is 4.16. The van der Waals surface area contributed by atoms with Crippen molar-refractivity contribution in [3.63, 3.8) is 0 Å². The van der Waals surface area contributed by atoms with Crippen LogP contribution in [0.1, 0.15) is 13.3 Å². The van der Waals surface area contributed by atoms with Crippen LogP contribution in [0.15, 0.2) is 12.2 Å². The number of aliphatic carboxylic acids is 2. The lowest BCUT2D eigenvalue weighted by molar-refractivity contribution is -0.155. The molecule has 1 aliphatic carbocycles. The Morgan fingerprint density at radius 3 is 2.31 bits per heavy atom. The summed E-state index contributed by atoms with van der Waals surface area (Å²) in [4.78, 5) is 21.5. The van der Waals surface area contributed by atoms with Gasteiger partial charge in [-0.3, -0.25) is 9.59 Å². The molecule has 0 amide bonds. The van der Waals surface area contributed by atoms with E-state index in [-0.39, 0.29) is 5.92 Å². The Bertz CT molecular complexity index is 256. The quantitative estimate of drug-likeness (QED) is 0.627. The predicted octanol–water partition coefficient (Wildman–Crippen LogP) is 0.984. The summed E-state index contributed by atoms with van der Waals surface area (Å²) in [7, 11) is 0. The predicted molar refractivity (Wildman–Crippen MR) is 45.2 cm³/mol. The van der Waals surface area contributed by atoms with Gasteiger partial charge in [0, 0.05) is 0 Å². The minimum absolute atomic E-state index is 0.202. The molecule has 3 atom stereocenters. The van der Waals surface area contributed by atoms with Crippen LogP contribution in [0.4, 0.5) is 0 Å². The SMILES string of the molecule is C[C@H]1C=CC[C@@H](C(=O)O)[C@@H]1C(=O)O. The topological polar surface area (TPSA) is 74.6 Å². The van der Waals surface area contributed by atoms with Crippen LogP contribution in [0, 0.1) is 17.8 Å². The van der Waals surface area contributed by atoms with Gasteiger partial charge < -0.3 is 10.2 Å². The van der Waals surface area contributed by atoms with Crippen LogP contribution in [0.25, 0.3) is 0 Å². The smallest absolute Gasteiger partial charge is 0.307 e. The van der Waals surface area contributed by atoms with E-state index in [4.69, 9.17) is 10.2 Å². The summed E-state index contributed by atoms with van der Waals surface area (Å²) in [5.74, 6) is -3.82. The standard InChI is InChI=1S/C9H12O4/c1-5-3-2-4-6(8(10)11)7(5)9(12)13/h2-3,5-7H,4H2,1H3,(H,10,11)(H,12,13)/t5-,6+,7+/m0/s1. The Kier molecular flexibility index (Phi) is 2.70. The number of carboxylic acids is 2. The van der Waals surface area contributed by atoms with E-state index in [1.165, 1.54) is 0 Å². The van der Waals surface area contributed by atoms with Gasteiger partial charge in [-0.05, 0) is 12.3 Å². The zero-order valence-electron chi connectivity index (χ0n) is 7.30. The van der Waals surface area contributed by atoms with E-state index in [1.54, 1.807) is 19.1 Å². The molecular weight excluding hydrogens is 172 g/mol. The molecule has 0 aromatic heterocycles. The van der Waals surface area contributed by atoms with Crippen molar-refractivity contribution in [1.29, 1.82) is 0 Å². The summed E-state index contributed by atoms with van der Waals surface area (Å²) in [6.07, 6.45) is 3.82. The van der Waals surface area contributed by atoms with Crippen molar-refractivity contribution < 1.29 is 19.8 Å². The normalized spacial score (nSPS) is 32.8. The van der Waals surface area contributed by atoms with Crippen LogP contribution < -0.4 is 0 Å². The summed E-state index contributed by atoms with van der Waals surface area (Å²) < 4.78 is 0. The highest BCUT2D eigenvalue weighted by atomic mass is 16.4. The number of hydrogen-bond acceptors (Lipinski definition) is 2. The van der Waals surface area contributed by atoms with Crippen molar-refractivity contribution in [3.8, 4) is 0 Å². The monoisotopic (exact) mass is 184 g/mol. The van der Waals surface area contributed by atoms with E-state index in [0.717, 1.165) is 0 Å². The van der Waals surface area contributed by atoms with Gasteiger partial charge in [0.2, 0.25) is 0 Å². The van der Waals surface area contributed by atoms with E-state index in [2.05, 4.69) is 0 Å². The molecule has 2 N–H and O–H groups in total. The van der Waals surface area contributed by atoms with Crippen molar-refractivity contribution in [2.45, 2.75) is 13.3 Å². The molecule has 0 saturated carbocycles. The number of carboxylic acid groups (broad SMARTS) is 2. The Hall–Kier alpha value is -1.32. The highest BCUT2D eigenvalue weighted by Gasteiger charge is 2.37. The molecule has 4 nitrogen and oxygen atoms in total. The lowest BCUT2D eigenvalue weighted by atomic mass is 9.77. The first-order valence-corrected chi connectivity index (χ1v) is 4.16. The molecule has 1 aliphatic rings. The van der Waals surface area contributed by atoms with Crippen molar-refractivity contribution in [2.75, 3.05) is 0 Å². The Labute approximate surface area is 75.9 Å². The molecule has 1 rings (SSSR count). The zero-order chi connectivity index (χ0) is 10.0. The Morgan fingerprint density at radius 1 is 1.31 bits per heavy atom. The van der Waals surface area contributed by atoms with E-state index in [1.807, 2.05) is 0 Å². The first-order chi connectivity index (χ1) is 6.04. The lowest BCUT2D eigenvalue weighted by Gasteiger charge is -2.26. The van der Waals surface area contributed by atoms with Gasteiger partial charge in [0.1, 0.15) is 0 Å². The molecule has 72 valence electrons. The van der Waals surface area contributed by atoms with Crippen LogP contribution in [0.2, 0.25) is 0 Å². The fourth-order valence-corrected chi connectivity index (χ4v) is 1.72. The number of allylic oxidation sites excluding steroid dienone is 2. The second-order valence-corrected chi connectivity index (χ2v) is 3.33. The lowest BCUT2D eigenvalue weighted by Crippen LogP contribution is -2.35. The molecule has 0 spiro atoms. The van der Waals surface area contributed by atoms with E-state index >= 15 is 0 Å². The Balaban J connectivity index is 2.89. The van der Waals surface area contributed by atoms with Gasteiger partial charge in [-0.2, -0.15) is 0 Å². The van der Waals surface area contributed by atoms with Gasteiger partial charge in [0.05, 0.1) is 11.8 Å². The molecule has 4 heteroatoms. The highest BCUT2D eigenvalue weighted by molar-refractivity contribution is 5.81. The van der Waals surface area contributed by atoms with E-state index in [0.29, 0.717) is 6.42 Å². The van der Waals surface area contributed by atoms with Crippen molar-refractivity contribution >= 4 is 11.9 Å². The number of hydrogen-bond donors (Lipinski definition) is 2. The highest BCUT2D eigenvalue weighted by Crippen LogP contribution is 2.30. The van der Waals surface area contributed by atoms with Gasteiger partial charge in [0.25, 0.3) is 0 Å². The van der Waals surface area contributed by atoms with Crippen molar-refractivity contribution in [1.82, 2.24) is 0 Å². The maximum Gasteiger partial charge on any atom is 0.307 e. The third-order valence-electron chi connectivity index (χ3n) is 2.43. The maximum atomic E-state index is 10.8. The van der Waals surface area contributed by atoms with Crippen LogP contribution in [-0.4, -0.2) is 22.2 Å². The molecule has 0 unspecified atom stereocenters. The zero-order valence-corrected chi connectivity index (χ0v) is 7.30. The second-order valence-electron chi connectivity index (χ2n) is 3.33. The summed E-state index contributed by atoms with van der Waals surface area (Å²) in [6, 6.07) is 0. The number of rotatable bonds is 2. The molecular formula is C9H12O4. The van der Waals surface area contributed by atoms with Gasteiger partial charge in [-0.15, -0.1) is 0 Å². The van der Waals surface area contributed by atoms with Gasteiger partial charge in [-0.1, -0.05) is 19.1 Å². The summed E-state index contributed by atoms with van der Waals surface area (Å²) in [5, 5.41) is 17.6. The third kappa shape index (κ3) is 1.88. The van der Waals surface area contributed by atoms with Crippen LogP contribution in [0.3, 0.4) is 0 Å². The van der Waals surface area contributed by atoms with Crippen LogP contribution in [0.5, 0.6) is 0 Å². The molecule has 13 heavy (non-hydrogen) atoms. The molecule has 0 fully saturated rings. The van der Waals surface area contributed by atoms with Gasteiger partial charge in [0.15, 0.2) is 0 Å². The maximum absolute atomic E-state index is 10.8.